The number of methoxy groups -OCH3 is 1. The molecule has 1 aromatic carbocycles. The van der Waals surface area contributed by atoms with Crippen LogP contribution in [0.4, 0.5) is 11.5 Å². The second kappa shape index (κ2) is 7.33. The van der Waals surface area contributed by atoms with Crippen LogP contribution in [-0.4, -0.2) is 23.7 Å². The fourth-order valence-corrected chi connectivity index (χ4v) is 1.83. The topological polar surface area (TPSA) is 82.3 Å². The Labute approximate surface area is 124 Å². The van der Waals surface area contributed by atoms with E-state index in [0.29, 0.717) is 30.5 Å². The second-order valence-corrected chi connectivity index (χ2v) is 4.52. The van der Waals surface area contributed by atoms with E-state index in [0.717, 1.165) is 17.7 Å². The van der Waals surface area contributed by atoms with Crippen LogP contribution in [0.15, 0.2) is 30.6 Å². The predicted molar refractivity (Wildman–Crippen MR) is 82.6 cm³/mol. The highest BCUT2D eigenvalue weighted by molar-refractivity contribution is 5.49. The number of aromatic nitrogens is 2. The van der Waals surface area contributed by atoms with Crippen molar-refractivity contribution in [3.8, 4) is 11.6 Å². The fraction of sp³-hybridized carbons (Fsp3) is 0.333. The van der Waals surface area contributed by atoms with E-state index in [9.17, 15) is 0 Å². The molecule has 0 aliphatic rings. The average molecular weight is 288 g/mol. The Hall–Kier alpha value is -2.50. The molecule has 0 unspecified atom stereocenters. The minimum atomic E-state index is 0.515. The summed E-state index contributed by atoms with van der Waals surface area (Å²) in [6.07, 6.45) is 4.18. The lowest BCUT2D eigenvalue weighted by atomic mass is 10.2. The van der Waals surface area contributed by atoms with Gasteiger partial charge >= 0.3 is 0 Å². The van der Waals surface area contributed by atoms with Crippen LogP contribution in [0.25, 0.3) is 0 Å². The smallest absolute Gasteiger partial charge is 0.234 e. The number of hydrogen-bond acceptors (Lipinski definition) is 6. The first kappa shape index (κ1) is 14.9. The number of nitrogens with two attached hydrogens (primary N) is 1. The van der Waals surface area contributed by atoms with Crippen molar-refractivity contribution in [3.05, 3.63) is 36.2 Å². The van der Waals surface area contributed by atoms with E-state index < -0.39 is 0 Å². The van der Waals surface area contributed by atoms with Crippen molar-refractivity contribution < 1.29 is 9.47 Å². The molecule has 0 amide bonds. The van der Waals surface area contributed by atoms with Gasteiger partial charge in [-0.2, -0.15) is 4.98 Å². The largest absolute Gasteiger partial charge is 0.496 e. The summed E-state index contributed by atoms with van der Waals surface area (Å²) >= 11 is 0. The highest BCUT2D eigenvalue weighted by Crippen LogP contribution is 2.22. The van der Waals surface area contributed by atoms with Crippen LogP contribution >= 0.6 is 0 Å². The first-order valence-corrected chi connectivity index (χ1v) is 6.84. The van der Waals surface area contributed by atoms with E-state index in [-0.39, 0.29) is 0 Å². The molecule has 0 atom stereocenters. The van der Waals surface area contributed by atoms with Gasteiger partial charge in [-0.25, -0.2) is 0 Å². The molecule has 6 heteroatoms. The summed E-state index contributed by atoms with van der Waals surface area (Å²) in [5, 5.41) is 3.19. The number of ether oxygens (including phenoxy) is 2. The average Bonchev–Trinajstić information content (AvgIpc) is 2.51. The van der Waals surface area contributed by atoms with Crippen molar-refractivity contribution in [2.45, 2.75) is 19.9 Å². The van der Waals surface area contributed by atoms with Gasteiger partial charge in [-0.15, -0.1) is 0 Å². The van der Waals surface area contributed by atoms with E-state index in [2.05, 4.69) is 15.3 Å². The third-order valence-corrected chi connectivity index (χ3v) is 2.83. The van der Waals surface area contributed by atoms with Crippen molar-refractivity contribution in [1.82, 2.24) is 9.97 Å². The Morgan fingerprint density at radius 3 is 2.90 bits per heavy atom. The molecular weight excluding hydrogens is 268 g/mol. The van der Waals surface area contributed by atoms with Crippen molar-refractivity contribution in [2.24, 2.45) is 0 Å². The molecular formula is C15H20N4O2. The molecule has 0 saturated carbocycles. The number of hydrogen-bond donors (Lipinski definition) is 2. The molecule has 3 N–H and O–H groups in total. The van der Waals surface area contributed by atoms with Crippen LogP contribution in [0.1, 0.15) is 18.9 Å². The van der Waals surface area contributed by atoms with Gasteiger partial charge in [-0.05, 0) is 24.6 Å². The summed E-state index contributed by atoms with van der Waals surface area (Å²) in [7, 11) is 1.63. The van der Waals surface area contributed by atoms with Crippen LogP contribution in [0.2, 0.25) is 0 Å². The fourth-order valence-electron chi connectivity index (χ4n) is 1.83. The number of nitrogen functional groups attached to an aromatic ring is 1. The summed E-state index contributed by atoms with van der Waals surface area (Å²) in [5.41, 5.74) is 7.45. The molecule has 0 saturated heterocycles. The number of rotatable bonds is 7. The standard InChI is InChI=1S/C15H20N4O2/c1-3-6-21-15-10-17-9-14(19-15)18-8-11-7-12(16)4-5-13(11)20-2/h4-5,7,9-10H,3,6,8,16H2,1-2H3,(H,18,19). The first-order chi connectivity index (χ1) is 10.2. The summed E-state index contributed by atoms with van der Waals surface area (Å²) in [5.74, 6) is 1.94. The van der Waals surface area contributed by atoms with Gasteiger partial charge in [-0.3, -0.25) is 4.98 Å². The summed E-state index contributed by atoms with van der Waals surface area (Å²) in [4.78, 5) is 8.44. The Bertz CT molecular complexity index is 590. The molecule has 1 heterocycles. The molecule has 0 bridgehead atoms. The quantitative estimate of drug-likeness (QED) is 0.762. The van der Waals surface area contributed by atoms with Crippen molar-refractivity contribution in [3.63, 3.8) is 0 Å². The Kier molecular flexibility index (Phi) is 5.20. The SMILES string of the molecule is CCCOc1cncc(NCc2cc(N)ccc2OC)n1. The lowest BCUT2D eigenvalue weighted by Crippen LogP contribution is -2.06. The first-order valence-electron chi connectivity index (χ1n) is 6.84. The van der Waals surface area contributed by atoms with Gasteiger partial charge in [0.2, 0.25) is 5.88 Å². The van der Waals surface area contributed by atoms with Crippen molar-refractivity contribution >= 4 is 11.5 Å². The lowest BCUT2D eigenvalue weighted by Gasteiger charge is -2.11. The van der Waals surface area contributed by atoms with Crippen LogP contribution < -0.4 is 20.5 Å². The minimum Gasteiger partial charge on any atom is -0.496 e. The second-order valence-electron chi connectivity index (χ2n) is 4.52. The predicted octanol–water partition coefficient (Wildman–Crippen LogP) is 2.47. The molecule has 6 nitrogen and oxygen atoms in total. The summed E-state index contributed by atoms with van der Waals surface area (Å²) in [6.45, 7) is 3.21. The number of nitrogens with zero attached hydrogens (tertiary/aromatic N) is 2. The molecule has 2 rings (SSSR count). The normalized spacial score (nSPS) is 10.2. The van der Waals surface area contributed by atoms with Gasteiger partial charge in [0.05, 0.1) is 26.1 Å². The zero-order chi connectivity index (χ0) is 15.1. The van der Waals surface area contributed by atoms with Crippen LogP contribution in [0, 0.1) is 0 Å². The minimum absolute atomic E-state index is 0.515. The highest BCUT2D eigenvalue weighted by atomic mass is 16.5. The van der Waals surface area contributed by atoms with E-state index in [1.54, 1.807) is 25.6 Å². The summed E-state index contributed by atoms with van der Waals surface area (Å²) in [6, 6.07) is 5.52. The monoisotopic (exact) mass is 288 g/mol. The van der Waals surface area contributed by atoms with E-state index in [1.807, 2.05) is 19.1 Å². The Balaban J connectivity index is 2.04. The van der Waals surface area contributed by atoms with Gasteiger partial charge in [-0.1, -0.05) is 6.92 Å². The maximum Gasteiger partial charge on any atom is 0.234 e. The van der Waals surface area contributed by atoms with Gasteiger partial charge in [0.1, 0.15) is 11.6 Å². The number of anilines is 2. The van der Waals surface area contributed by atoms with Gasteiger partial charge in [0.25, 0.3) is 0 Å². The molecule has 2 aromatic rings. The van der Waals surface area contributed by atoms with Crippen molar-refractivity contribution in [1.29, 1.82) is 0 Å². The molecule has 1 aromatic heterocycles. The maximum atomic E-state index is 5.80. The van der Waals surface area contributed by atoms with Crippen LogP contribution in [0.3, 0.4) is 0 Å². The molecule has 0 fully saturated rings. The van der Waals surface area contributed by atoms with Crippen LogP contribution in [0.5, 0.6) is 11.6 Å². The lowest BCUT2D eigenvalue weighted by molar-refractivity contribution is 0.304. The number of nitrogens with one attached hydrogen (secondary N) is 1. The molecule has 0 aliphatic heterocycles. The van der Waals surface area contributed by atoms with Gasteiger partial charge in [0, 0.05) is 17.8 Å². The maximum absolute atomic E-state index is 5.80. The van der Waals surface area contributed by atoms with Gasteiger partial charge < -0.3 is 20.5 Å². The van der Waals surface area contributed by atoms with Crippen LogP contribution in [-0.2, 0) is 6.54 Å². The van der Waals surface area contributed by atoms with E-state index in [4.69, 9.17) is 15.2 Å². The zero-order valence-corrected chi connectivity index (χ0v) is 12.3. The molecule has 0 radical (unpaired) electrons. The third-order valence-electron chi connectivity index (χ3n) is 2.83. The Morgan fingerprint density at radius 1 is 1.29 bits per heavy atom. The summed E-state index contributed by atoms with van der Waals surface area (Å²) < 4.78 is 10.8. The van der Waals surface area contributed by atoms with E-state index in [1.165, 1.54) is 0 Å². The molecule has 21 heavy (non-hydrogen) atoms. The Morgan fingerprint density at radius 2 is 2.14 bits per heavy atom. The molecule has 112 valence electrons. The van der Waals surface area contributed by atoms with Gasteiger partial charge in [0.15, 0.2) is 0 Å². The zero-order valence-electron chi connectivity index (χ0n) is 12.3. The molecule has 0 spiro atoms. The molecule has 0 aliphatic carbocycles. The highest BCUT2D eigenvalue weighted by Gasteiger charge is 2.05. The van der Waals surface area contributed by atoms with Crippen molar-refractivity contribution in [2.75, 3.05) is 24.8 Å². The number of benzene rings is 1. The van der Waals surface area contributed by atoms with E-state index >= 15 is 0 Å². The third kappa shape index (κ3) is 4.24.